The number of aromatic nitrogens is 2. The SMILES string of the molecule is CC1=C[C@@H](N(C)C)C2C(=N1)Sc1c2ncn(-c2cccc(Br)c2)c1=O. The first-order chi connectivity index (χ1) is 12.0. The highest BCUT2D eigenvalue weighted by atomic mass is 79.9. The quantitative estimate of drug-likeness (QED) is 0.752. The Hall–Kier alpha value is -1.70. The van der Waals surface area contributed by atoms with E-state index in [1.807, 2.05) is 45.3 Å². The van der Waals surface area contributed by atoms with Crippen LogP contribution >= 0.6 is 27.7 Å². The molecule has 4 rings (SSSR count). The molecule has 128 valence electrons. The van der Waals surface area contributed by atoms with E-state index in [1.165, 1.54) is 11.8 Å². The van der Waals surface area contributed by atoms with E-state index in [0.29, 0.717) is 4.90 Å². The van der Waals surface area contributed by atoms with Crippen LogP contribution in [0.5, 0.6) is 0 Å². The smallest absolute Gasteiger partial charge is 0.272 e. The van der Waals surface area contributed by atoms with Crippen molar-refractivity contribution in [3.05, 3.63) is 62.9 Å². The average Bonchev–Trinajstić information content (AvgIpc) is 2.93. The van der Waals surface area contributed by atoms with E-state index < -0.39 is 0 Å². The number of halogens is 1. The van der Waals surface area contributed by atoms with Gasteiger partial charge in [0, 0.05) is 16.2 Å². The predicted octanol–water partition coefficient (Wildman–Crippen LogP) is 3.43. The second kappa shape index (κ2) is 6.23. The molecule has 0 amide bonds. The molecule has 1 aromatic heterocycles. The van der Waals surface area contributed by atoms with Crippen molar-refractivity contribution in [1.82, 2.24) is 14.5 Å². The van der Waals surface area contributed by atoms with Crippen molar-refractivity contribution in [3.63, 3.8) is 0 Å². The van der Waals surface area contributed by atoms with Crippen molar-refractivity contribution >= 4 is 32.7 Å². The van der Waals surface area contributed by atoms with Gasteiger partial charge < -0.3 is 4.90 Å². The fourth-order valence-corrected chi connectivity index (χ4v) is 4.90. The van der Waals surface area contributed by atoms with E-state index in [0.717, 1.165) is 26.6 Å². The molecule has 1 aromatic carbocycles. The maximum atomic E-state index is 13.1. The van der Waals surface area contributed by atoms with Crippen LogP contribution in [0.4, 0.5) is 0 Å². The Morgan fingerprint density at radius 2 is 2.12 bits per heavy atom. The van der Waals surface area contributed by atoms with Gasteiger partial charge in [-0.2, -0.15) is 0 Å². The molecule has 1 unspecified atom stereocenters. The second-order valence-electron chi connectivity index (χ2n) is 6.41. The summed E-state index contributed by atoms with van der Waals surface area (Å²) in [7, 11) is 4.09. The summed E-state index contributed by atoms with van der Waals surface area (Å²) in [6.07, 6.45) is 3.77. The van der Waals surface area contributed by atoms with Gasteiger partial charge >= 0.3 is 0 Å². The molecule has 7 heteroatoms. The molecule has 0 bridgehead atoms. The molecular weight excluding hydrogens is 400 g/mol. The summed E-state index contributed by atoms with van der Waals surface area (Å²) < 4.78 is 2.52. The Morgan fingerprint density at radius 3 is 2.84 bits per heavy atom. The van der Waals surface area contributed by atoms with Gasteiger partial charge in [-0.25, -0.2) is 4.98 Å². The Kier molecular flexibility index (Phi) is 4.17. The summed E-state index contributed by atoms with van der Waals surface area (Å²) in [6, 6.07) is 7.82. The first kappa shape index (κ1) is 16.8. The van der Waals surface area contributed by atoms with E-state index in [-0.39, 0.29) is 17.5 Å². The highest BCUT2D eigenvalue weighted by molar-refractivity contribution is 9.10. The van der Waals surface area contributed by atoms with E-state index in [2.05, 4.69) is 36.9 Å². The normalized spacial score (nSPS) is 21.6. The highest BCUT2D eigenvalue weighted by Gasteiger charge is 2.41. The number of fused-ring (bicyclic) bond motifs is 3. The minimum absolute atomic E-state index is 0.0311. The molecule has 0 aliphatic carbocycles. The monoisotopic (exact) mass is 416 g/mol. The van der Waals surface area contributed by atoms with Crippen molar-refractivity contribution in [1.29, 1.82) is 0 Å². The van der Waals surface area contributed by atoms with Gasteiger partial charge in [0.2, 0.25) is 0 Å². The Bertz CT molecular complexity index is 979. The van der Waals surface area contributed by atoms with Crippen LogP contribution in [-0.2, 0) is 0 Å². The number of benzene rings is 1. The molecule has 2 aliphatic rings. The molecule has 0 saturated carbocycles. The van der Waals surface area contributed by atoms with Gasteiger partial charge in [-0.3, -0.25) is 14.4 Å². The zero-order chi connectivity index (χ0) is 17.7. The van der Waals surface area contributed by atoms with E-state index >= 15 is 0 Å². The number of aliphatic imine (C=N–C) groups is 1. The molecule has 0 N–H and O–H groups in total. The molecule has 5 nitrogen and oxygen atoms in total. The number of nitrogens with zero attached hydrogens (tertiary/aromatic N) is 4. The standard InChI is InChI=1S/C18H17BrN4OS/c1-10-7-13(22(2)3)14-15-16(25-17(14)21-10)18(24)23(9-20-15)12-6-4-5-11(19)8-12/h4-9,13-14H,1-3H3/t13-,14?/m1/s1. The molecule has 2 aromatic rings. The van der Waals surface area contributed by atoms with Gasteiger partial charge in [0.25, 0.3) is 5.56 Å². The lowest BCUT2D eigenvalue weighted by Crippen LogP contribution is -2.36. The zero-order valence-corrected chi connectivity index (χ0v) is 16.5. The lowest BCUT2D eigenvalue weighted by molar-refractivity contribution is 0.324. The number of rotatable bonds is 2. The van der Waals surface area contributed by atoms with Crippen molar-refractivity contribution in [2.75, 3.05) is 14.1 Å². The third-order valence-corrected chi connectivity index (χ3v) is 6.08. The molecule has 3 heterocycles. The average molecular weight is 417 g/mol. The molecule has 0 spiro atoms. The van der Waals surface area contributed by atoms with Crippen LogP contribution in [-0.4, -0.2) is 39.6 Å². The van der Waals surface area contributed by atoms with Crippen LogP contribution < -0.4 is 5.56 Å². The highest BCUT2D eigenvalue weighted by Crippen LogP contribution is 2.44. The van der Waals surface area contributed by atoms with E-state index in [4.69, 9.17) is 0 Å². The van der Waals surface area contributed by atoms with Gasteiger partial charge in [0.1, 0.15) is 11.2 Å². The maximum absolute atomic E-state index is 13.1. The molecule has 0 radical (unpaired) electrons. The molecule has 0 saturated heterocycles. The third kappa shape index (κ3) is 2.80. The first-order valence-electron chi connectivity index (χ1n) is 7.94. The van der Waals surface area contributed by atoms with Gasteiger partial charge in [-0.05, 0) is 45.3 Å². The molecule has 25 heavy (non-hydrogen) atoms. The van der Waals surface area contributed by atoms with Crippen molar-refractivity contribution in [2.45, 2.75) is 23.8 Å². The number of likely N-dealkylation sites (N-methyl/N-ethyl adjacent to an activating group) is 1. The Morgan fingerprint density at radius 1 is 1.32 bits per heavy atom. The molecule has 2 aliphatic heterocycles. The molecular formula is C18H17BrN4OS. The first-order valence-corrected chi connectivity index (χ1v) is 9.55. The van der Waals surface area contributed by atoms with Crippen LogP contribution in [0.15, 0.2) is 61.5 Å². The van der Waals surface area contributed by atoms with Crippen LogP contribution in [0.1, 0.15) is 18.5 Å². The minimum atomic E-state index is -0.0413. The number of hydrogen-bond donors (Lipinski definition) is 0. The molecule has 0 fully saturated rings. The number of allylic oxidation sites excluding steroid dienone is 1. The number of thioether (sulfide) groups is 1. The summed E-state index contributed by atoms with van der Waals surface area (Å²) in [5.74, 6) is 0.0311. The van der Waals surface area contributed by atoms with Crippen molar-refractivity contribution in [3.8, 4) is 5.69 Å². The van der Waals surface area contributed by atoms with Crippen molar-refractivity contribution < 1.29 is 0 Å². The maximum Gasteiger partial charge on any atom is 0.272 e. The summed E-state index contributed by atoms with van der Waals surface area (Å²) in [4.78, 5) is 25.2. The van der Waals surface area contributed by atoms with Crippen LogP contribution in [0.25, 0.3) is 5.69 Å². The van der Waals surface area contributed by atoms with Gasteiger partial charge in [0.05, 0.1) is 22.3 Å². The third-order valence-electron chi connectivity index (χ3n) is 4.45. The zero-order valence-electron chi connectivity index (χ0n) is 14.1. The van der Waals surface area contributed by atoms with Gasteiger partial charge in [0.15, 0.2) is 0 Å². The number of hydrogen-bond acceptors (Lipinski definition) is 5. The Balaban J connectivity index is 1.85. The lowest BCUT2D eigenvalue weighted by atomic mass is 9.93. The van der Waals surface area contributed by atoms with Crippen LogP contribution in [0.2, 0.25) is 0 Å². The Labute approximate surface area is 158 Å². The van der Waals surface area contributed by atoms with Crippen LogP contribution in [0, 0.1) is 0 Å². The second-order valence-corrected chi connectivity index (χ2v) is 8.35. The minimum Gasteiger partial charge on any atom is -0.302 e. The summed E-state index contributed by atoms with van der Waals surface area (Å²) >= 11 is 4.91. The van der Waals surface area contributed by atoms with E-state index in [9.17, 15) is 4.79 Å². The van der Waals surface area contributed by atoms with E-state index in [1.54, 1.807) is 10.9 Å². The largest absolute Gasteiger partial charge is 0.302 e. The topological polar surface area (TPSA) is 50.5 Å². The summed E-state index contributed by atoms with van der Waals surface area (Å²) in [5, 5.41) is 0.963. The lowest BCUT2D eigenvalue weighted by Gasteiger charge is -2.30. The van der Waals surface area contributed by atoms with Gasteiger partial charge in [-0.1, -0.05) is 33.8 Å². The van der Waals surface area contributed by atoms with Crippen LogP contribution in [0.3, 0.4) is 0 Å². The summed E-state index contributed by atoms with van der Waals surface area (Å²) in [5.41, 5.74) is 2.57. The predicted molar refractivity (Wildman–Crippen MR) is 105 cm³/mol. The molecule has 2 atom stereocenters. The van der Waals surface area contributed by atoms with Crippen molar-refractivity contribution in [2.24, 2.45) is 4.99 Å². The van der Waals surface area contributed by atoms with Gasteiger partial charge in [-0.15, -0.1) is 0 Å². The fourth-order valence-electron chi connectivity index (χ4n) is 3.26. The summed E-state index contributed by atoms with van der Waals surface area (Å²) in [6.45, 7) is 2.00. The fraction of sp³-hybridized carbons (Fsp3) is 0.278.